The Kier molecular flexibility index (Phi) is 9.19. The first-order valence-corrected chi connectivity index (χ1v) is 12.1. The number of likely N-dealkylation sites (tertiary alicyclic amines) is 2. The van der Waals surface area contributed by atoms with Crippen molar-refractivity contribution >= 4 is 17.6 Å². The van der Waals surface area contributed by atoms with Gasteiger partial charge in [-0.15, -0.1) is 0 Å². The van der Waals surface area contributed by atoms with E-state index >= 15 is 0 Å². The third-order valence-electron chi connectivity index (χ3n) is 6.83. The van der Waals surface area contributed by atoms with E-state index in [1.165, 1.54) is 44.3 Å². The predicted molar refractivity (Wildman–Crippen MR) is 126 cm³/mol. The van der Waals surface area contributed by atoms with Crippen molar-refractivity contribution in [2.75, 3.05) is 38.0 Å². The van der Waals surface area contributed by atoms with Crippen molar-refractivity contribution in [3.8, 4) is 0 Å². The monoisotopic (exact) mass is 428 g/mol. The van der Waals surface area contributed by atoms with Crippen LogP contribution in [0.4, 0.5) is 10.5 Å². The van der Waals surface area contributed by atoms with Gasteiger partial charge in [0, 0.05) is 37.8 Å². The number of rotatable bonds is 7. The second-order valence-electron chi connectivity index (χ2n) is 9.37. The fraction of sp³-hybridized carbons (Fsp3) is 0.680. The van der Waals surface area contributed by atoms with E-state index in [0.717, 1.165) is 31.5 Å². The number of anilines is 1. The van der Waals surface area contributed by atoms with Gasteiger partial charge < -0.3 is 20.4 Å². The molecule has 2 fully saturated rings. The number of benzene rings is 1. The molecule has 172 valence electrons. The van der Waals surface area contributed by atoms with Crippen LogP contribution in [0.2, 0.25) is 0 Å². The van der Waals surface area contributed by atoms with Gasteiger partial charge in [0.05, 0.1) is 0 Å². The van der Waals surface area contributed by atoms with Gasteiger partial charge in [-0.2, -0.15) is 0 Å². The van der Waals surface area contributed by atoms with Crippen LogP contribution in [0.15, 0.2) is 24.3 Å². The summed E-state index contributed by atoms with van der Waals surface area (Å²) in [6, 6.07) is 8.34. The number of hydrogen-bond donors (Lipinski definition) is 2. The minimum atomic E-state index is -0.0470. The lowest BCUT2D eigenvalue weighted by Crippen LogP contribution is -2.42. The standard InChI is InChI=1S/C25H40N4O2/c1-20-7-9-23(10-8-20)27-25(31)29-17-12-22(13-18-29)19-24(30)26-14-11-21(2)28-15-5-3-4-6-16-28/h7-10,21-22H,3-6,11-19H2,1-2H3,(H,26,30)(H,27,31)/t21-/m0/s1. The zero-order valence-corrected chi connectivity index (χ0v) is 19.4. The van der Waals surface area contributed by atoms with Crippen LogP contribution in [0, 0.1) is 12.8 Å². The molecule has 1 atom stereocenters. The maximum Gasteiger partial charge on any atom is 0.321 e. The minimum absolute atomic E-state index is 0.0470. The lowest BCUT2D eigenvalue weighted by molar-refractivity contribution is -0.122. The molecule has 3 amide bonds. The highest BCUT2D eigenvalue weighted by atomic mass is 16.2. The molecule has 0 bridgehead atoms. The molecular formula is C25H40N4O2. The Morgan fingerprint density at radius 3 is 2.29 bits per heavy atom. The second kappa shape index (κ2) is 12.1. The normalized spacial score (nSPS) is 19.5. The van der Waals surface area contributed by atoms with E-state index in [0.29, 0.717) is 31.5 Å². The van der Waals surface area contributed by atoms with Crippen molar-refractivity contribution in [3.05, 3.63) is 29.8 Å². The van der Waals surface area contributed by atoms with Gasteiger partial charge in [-0.05, 0) is 77.1 Å². The molecule has 0 aliphatic carbocycles. The molecule has 1 aromatic rings. The molecule has 3 rings (SSSR count). The Balaban J connectivity index is 1.30. The fourth-order valence-corrected chi connectivity index (χ4v) is 4.65. The summed E-state index contributed by atoms with van der Waals surface area (Å²) >= 11 is 0. The Morgan fingerprint density at radius 2 is 1.65 bits per heavy atom. The number of urea groups is 1. The van der Waals surface area contributed by atoms with Gasteiger partial charge in [-0.3, -0.25) is 4.79 Å². The SMILES string of the molecule is Cc1ccc(NC(=O)N2CCC(CC(=O)NCC[C@H](C)N3CCCCCC3)CC2)cc1. The Morgan fingerprint density at radius 1 is 1.00 bits per heavy atom. The van der Waals surface area contributed by atoms with Gasteiger partial charge in [-0.25, -0.2) is 4.79 Å². The summed E-state index contributed by atoms with van der Waals surface area (Å²) in [5.41, 5.74) is 2.00. The van der Waals surface area contributed by atoms with E-state index in [9.17, 15) is 9.59 Å². The molecule has 0 saturated carbocycles. The van der Waals surface area contributed by atoms with Crippen LogP contribution in [0.25, 0.3) is 0 Å². The minimum Gasteiger partial charge on any atom is -0.356 e. The number of piperidine rings is 1. The van der Waals surface area contributed by atoms with Crippen LogP contribution >= 0.6 is 0 Å². The third kappa shape index (κ3) is 7.84. The van der Waals surface area contributed by atoms with Crippen LogP contribution in [0.5, 0.6) is 0 Å². The van der Waals surface area contributed by atoms with Crippen LogP contribution in [0.3, 0.4) is 0 Å². The van der Waals surface area contributed by atoms with Gasteiger partial charge in [-0.1, -0.05) is 30.5 Å². The van der Waals surface area contributed by atoms with Crippen LogP contribution in [-0.4, -0.2) is 60.5 Å². The van der Waals surface area contributed by atoms with Crippen molar-refractivity contribution in [2.45, 2.75) is 71.3 Å². The highest BCUT2D eigenvalue weighted by molar-refractivity contribution is 5.89. The molecule has 2 heterocycles. The molecule has 2 saturated heterocycles. The van der Waals surface area contributed by atoms with E-state index in [-0.39, 0.29) is 11.9 Å². The van der Waals surface area contributed by atoms with E-state index < -0.39 is 0 Å². The van der Waals surface area contributed by atoms with E-state index in [1.807, 2.05) is 36.1 Å². The average Bonchev–Trinajstić information content (AvgIpc) is 3.05. The summed E-state index contributed by atoms with van der Waals surface area (Å²) in [4.78, 5) is 29.3. The quantitative estimate of drug-likeness (QED) is 0.677. The highest BCUT2D eigenvalue weighted by Gasteiger charge is 2.24. The molecule has 2 aliphatic rings. The van der Waals surface area contributed by atoms with E-state index in [2.05, 4.69) is 22.5 Å². The summed E-state index contributed by atoms with van der Waals surface area (Å²) < 4.78 is 0. The van der Waals surface area contributed by atoms with Crippen molar-refractivity contribution in [3.63, 3.8) is 0 Å². The first-order valence-electron chi connectivity index (χ1n) is 12.1. The average molecular weight is 429 g/mol. The lowest BCUT2D eigenvalue weighted by Gasteiger charge is -2.32. The van der Waals surface area contributed by atoms with Gasteiger partial charge in [0.1, 0.15) is 0 Å². The first kappa shape index (κ1) is 23.6. The van der Waals surface area contributed by atoms with Crippen LogP contribution in [0.1, 0.15) is 63.9 Å². The van der Waals surface area contributed by atoms with E-state index in [4.69, 9.17) is 0 Å². The van der Waals surface area contributed by atoms with Gasteiger partial charge in [0.25, 0.3) is 0 Å². The number of carbonyl (C=O) groups is 2. The summed E-state index contributed by atoms with van der Waals surface area (Å²) in [6.45, 7) is 8.89. The summed E-state index contributed by atoms with van der Waals surface area (Å²) in [5, 5.41) is 6.10. The Bertz CT molecular complexity index is 690. The molecular weight excluding hydrogens is 388 g/mol. The molecule has 2 aliphatic heterocycles. The van der Waals surface area contributed by atoms with Crippen molar-refractivity contribution in [2.24, 2.45) is 5.92 Å². The molecule has 6 heteroatoms. The van der Waals surface area contributed by atoms with Crippen molar-refractivity contribution in [1.29, 1.82) is 0 Å². The Labute approximate surface area is 187 Å². The Hall–Kier alpha value is -2.08. The molecule has 0 spiro atoms. The first-order chi connectivity index (χ1) is 15.0. The van der Waals surface area contributed by atoms with Gasteiger partial charge in [0.2, 0.25) is 5.91 Å². The molecule has 0 radical (unpaired) electrons. The van der Waals surface area contributed by atoms with Crippen molar-refractivity contribution < 1.29 is 9.59 Å². The zero-order chi connectivity index (χ0) is 22.1. The number of hydrogen-bond acceptors (Lipinski definition) is 3. The lowest BCUT2D eigenvalue weighted by atomic mass is 9.93. The molecule has 1 aromatic carbocycles. The molecule has 2 N–H and O–H groups in total. The molecule has 6 nitrogen and oxygen atoms in total. The number of carbonyl (C=O) groups excluding carboxylic acids is 2. The maximum absolute atomic E-state index is 12.5. The number of nitrogens with one attached hydrogen (secondary N) is 2. The number of amides is 3. The van der Waals surface area contributed by atoms with Gasteiger partial charge >= 0.3 is 6.03 Å². The topological polar surface area (TPSA) is 64.7 Å². The largest absolute Gasteiger partial charge is 0.356 e. The molecule has 0 aromatic heterocycles. The molecule has 31 heavy (non-hydrogen) atoms. The highest BCUT2D eigenvalue weighted by Crippen LogP contribution is 2.21. The maximum atomic E-state index is 12.5. The van der Waals surface area contributed by atoms with Crippen LogP contribution in [-0.2, 0) is 4.79 Å². The smallest absolute Gasteiger partial charge is 0.321 e. The van der Waals surface area contributed by atoms with Gasteiger partial charge in [0.15, 0.2) is 0 Å². The van der Waals surface area contributed by atoms with Crippen LogP contribution < -0.4 is 10.6 Å². The fourth-order valence-electron chi connectivity index (χ4n) is 4.65. The number of aryl methyl sites for hydroxylation is 1. The second-order valence-corrected chi connectivity index (χ2v) is 9.37. The van der Waals surface area contributed by atoms with Crippen molar-refractivity contribution in [1.82, 2.24) is 15.1 Å². The molecule has 0 unspecified atom stereocenters. The van der Waals surface area contributed by atoms with E-state index in [1.54, 1.807) is 0 Å². The zero-order valence-electron chi connectivity index (χ0n) is 19.4. The summed E-state index contributed by atoms with van der Waals surface area (Å²) in [6.07, 6.45) is 8.68. The summed E-state index contributed by atoms with van der Waals surface area (Å²) in [7, 11) is 0. The third-order valence-corrected chi connectivity index (χ3v) is 6.83. The predicted octanol–water partition coefficient (Wildman–Crippen LogP) is 4.40. The summed E-state index contributed by atoms with van der Waals surface area (Å²) in [5.74, 6) is 0.525. The number of nitrogens with zero attached hydrogens (tertiary/aromatic N) is 2.